The zero-order valence-electron chi connectivity index (χ0n) is 10.1. The van der Waals surface area contributed by atoms with Crippen molar-refractivity contribution in [3.05, 3.63) is 42.5 Å². The molecule has 0 bridgehead atoms. The monoisotopic (exact) mass is 235 g/mol. The van der Waals surface area contributed by atoms with E-state index in [4.69, 9.17) is 5.73 Å². The summed E-state index contributed by atoms with van der Waals surface area (Å²) in [7, 11) is 0. The van der Waals surface area contributed by atoms with Crippen LogP contribution in [-0.4, -0.2) is 11.2 Å². The SMILES string of the molecule is CC=Nc1ccc2cc3ccc(N)cc3nc2c1. The Morgan fingerprint density at radius 3 is 2.50 bits per heavy atom. The van der Waals surface area contributed by atoms with Crippen LogP contribution in [0.1, 0.15) is 6.92 Å². The smallest absolute Gasteiger partial charge is 0.0731 e. The molecule has 3 nitrogen and oxygen atoms in total. The number of hydrogen-bond acceptors (Lipinski definition) is 3. The highest BCUT2D eigenvalue weighted by Gasteiger charge is 2.01. The molecule has 0 saturated heterocycles. The number of benzene rings is 2. The molecule has 0 fully saturated rings. The lowest BCUT2D eigenvalue weighted by atomic mass is 10.1. The van der Waals surface area contributed by atoms with E-state index in [0.717, 1.165) is 33.2 Å². The van der Waals surface area contributed by atoms with Crippen LogP contribution in [0.3, 0.4) is 0 Å². The van der Waals surface area contributed by atoms with Gasteiger partial charge in [-0.1, -0.05) is 12.1 Å². The summed E-state index contributed by atoms with van der Waals surface area (Å²) in [6, 6.07) is 13.9. The Morgan fingerprint density at radius 2 is 1.72 bits per heavy atom. The first kappa shape index (κ1) is 10.7. The second-order valence-corrected chi connectivity index (χ2v) is 4.20. The third-order valence-corrected chi connectivity index (χ3v) is 2.90. The molecule has 0 saturated carbocycles. The lowest BCUT2D eigenvalue weighted by Gasteiger charge is -2.03. The van der Waals surface area contributed by atoms with Crippen molar-refractivity contribution in [3.63, 3.8) is 0 Å². The zero-order valence-corrected chi connectivity index (χ0v) is 10.1. The molecule has 2 aromatic carbocycles. The van der Waals surface area contributed by atoms with Gasteiger partial charge in [0.1, 0.15) is 0 Å². The van der Waals surface area contributed by atoms with Gasteiger partial charge < -0.3 is 5.73 Å². The predicted molar refractivity (Wildman–Crippen MR) is 77.5 cm³/mol. The fourth-order valence-electron chi connectivity index (χ4n) is 2.06. The third-order valence-electron chi connectivity index (χ3n) is 2.90. The van der Waals surface area contributed by atoms with Crippen molar-refractivity contribution in [3.8, 4) is 0 Å². The molecule has 3 rings (SSSR count). The van der Waals surface area contributed by atoms with Gasteiger partial charge >= 0.3 is 0 Å². The number of anilines is 1. The van der Waals surface area contributed by atoms with Gasteiger partial charge in [-0.25, -0.2) is 4.98 Å². The Labute approximate surface area is 105 Å². The maximum Gasteiger partial charge on any atom is 0.0731 e. The molecule has 1 heterocycles. The molecule has 1 aromatic heterocycles. The van der Waals surface area contributed by atoms with Crippen molar-refractivity contribution in [1.29, 1.82) is 0 Å². The summed E-state index contributed by atoms with van der Waals surface area (Å²) in [5.74, 6) is 0. The zero-order chi connectivity index (χ0) is 12.5. The van der Waals surface area contributed by atoms with Crippen molar-refractivity contribution < 1.29 is 0 Å². The lowest BCUT2D eigenvalue weighted by molar-refractivity contribution is 1.47. The van der Waals surface area contributed by atoms with E-state index in [1.54, 1.807) is 6.21 Å². The largest absolute Gasteiger partial charge is 0.399 e. The third kappa shape index (κ3) is 1.80. The highest BCUT2D eigenvalue weighted by Crippen LogP contribution is 2.24. The molecular formula is C15H13N3. The van der Waals surface area contributed by atoms with E-state index in [-0.39, 0.29) is 0 Å². The molecule has 3 aromatic rings. The van der Waals surface area contributed by atoms with Crippen LogP contribution in [0.15, 0.2) is 47.5 Å². The first-order valence-corrected chi connectivity index (χ1v) is 5.85. The second kappa shape index (κ2) is 4.11. The predicted octanol–water partition coefficient (Wildman–Crippen LogP) is 3.69. The maximum atomic E-state index is 5.78. The van der Waals surface area contributed by atoms with E-state index in [1.165, 1.54) is 0 Å². The topological polar surface area (TPSA) is 51.3 Å². The molecule has 0 unspecified atom stereocenters. The molecule has 3 heteroatoms. The minimum atomic E-state index is 0.733. The number of aliphatic imine (C=N–C) groups is 1. The van der Waals surface area contributed by atoms with E-state index in [2.05, 4.69) is 16.0 Å². The Kier molecular flexibility index (Phi) is 2.45. The van der Waals surface area contributed by atoms with Crippen LogP contribution in [0.5, 0.6) is 0 Å². The molecule has 18 heavy (non-hydrogen) atoms. The van der Waals surface area contributed by atoms with Crippen LogP contribution < -0.4 is 5.73 Å². The van der Waals surface area contributed by atoms with Gasteiger partial charge in [0.15, 0.2) is 0 Å². The van der Waals surface area contributed by atoms with Gasteiger partial charge in [-0.3, -0.25) is 4.99 Å². The average molecular weight is 235 g/mol. The van der Waals surface area contributed by atoms with E-state index < -0.39 is 0 Å². The minimum Gasteiger partial charge on any atom is -0.399 e. The number of pyridine rings is 1. The van der Waals surface area contributed by atoms with Crippen LogP contribution in [0, 0.1) is 0 Å². The molecule has 0 aliphatic rings. The van der Waals surface area contributed by atoms with E-state index >= 15 is 0 Å². The number of nitrogens with two attached hydrogens (primary N) is 1. The first-order valence-electron chi connectivity index (χ1n) is 5.85. The van der Waals surface area contributed by atoms with Gasteiger partial charge in [0.05, 0.1) is 16.7 Å². The first-order chi connectivity index (χ1) is 8.76. The Morgan fingerprint density at radius 1 is 1.00 bits per heavy atom. The van der Waals surface area contributed by atoms with Gasteiger partial charge in [-0.15, -0.1) is 0 Å². The van der Waals surface area contributed by atoms with Crippen molar-refractivity contribution in [1.82, 2.24) is 4.98 Å². The van der Waals surface area contributed by atoms with Gasteiger partial charge in [0.25, 0.3) is 0 Å². The summed E-state index contributed by atoms with van der Waals surface area (Å²) in [6.45, 7) is 1.90. The van der Waals surface area contributed by atoms with Crippen LogP contribution in [0.2, 0.25) is 0 Å². The quantitative estimate of drug-likeness (QED) is 0.397. The van der Waals surface area contributed by atoms with Gasteiger partial charge in [0.2, 0.25) is 0 Å². The molecule has 0 spiro atoms. The van der Waals surface area contributed by atoms with Crippen molar-refractivity contribution >= 4 is 39.4 Å². The Bertz CT molecular complexity index is 760. The molecule has 2 N–H and O–H groups in total. The highest BCUT2D eigenvalue weighted by molar-refractivity contribution is 5.94. The number of rotatable bonds is 1. The Balaban J connectivity index is 2.31. The van der Waals surface area contributed by atoms with Crippen LogP contribution in [-0.2, 0) is 0 Å². The summed E-state index contributed by atoms with van der Waals surface area (Å²) in [5.41, 5.74) is 9.29. The van der Waals surface area contributed by atoms with E-state index in [0.29, 0.717) is 0 Å². The second-order valence-electron chi connectivity index (χ2n) is 4.20. The summed E-state index contributed by atoms with van der Waals surface area (Å²) in [5, 5.41) is 2.21. The van der Waals surface area contributed by atoms with Crippen molar-refractivity contribution in [2.24, 2.45) is 4.99 Å². The van der Waals surface area contributed by atoms with Crippen molar-refractivity contribution in [2.75, 3.05) is 5.73 Å². The number of fused-ring (bicyclic) bond motifs is 2. The Hall–Kier alpha value is -2.42. The lowest BCUT2D eigenvalue weighted by Crippen LogP contribution is -1.87. The number of hydrogen-bond donors (Lipinski definition) is 1. The van der Waals surface area contributed by atoms with Crippen molar-refractivity contribution in [2.45, 2.75) is 6.92 Å². The van der Waals surface area contributed by atoms with Gasteiger partial charge in [-0.2, -0.15) is 0 Å². The number of nitrogen functional groups attached to an aromatic ring is 1. The minimum absolute atomic E-state index is 0.733. The maximum absolute atomic E-state index is 5.78. The van der Waals surface area contributed by atoms with E-state index in [9.17, 15) is 0 Å². The standard InChI is InChI=1S/C15H13N3/c1-2-17-13-6-4-11-7-10-3-5-12(16)8-14(10)18-15(11)9-13/h2-9H,16H2,1H3. The summed E-state index contributed by atoms with van der Waals surface area (Å²) < 4.78 is 0. The normalized spacial score (nSPS) is 11.6. The molecule has 88 valence electrons. The number of nitrogens with zero attached hydrogens (tertiary/aromatic N) is 2. The average Bonchev–Trinajstić information content (AvgIpc) is 2.36. The molecule has 0 aliphatic heterocycles. The van der Waals surface area contributed by atoms with Gasteiger partial charge in [0, 0.05) is 22.7 Å². The number of aromatic nitrogens is 1. The van der Waals surface area contributed by atoms with E-state index in [1.807, 2.05) is 43.3 Å². The summed E-state index contributed by atoms with van der Waals surface area (Å²) in [6.07, 6.45) is 1.78. The molecule has 0 radical (unpaired) electrons. The van der Waals surface area contributed by atoms with Crippen LogP contribution >= 0.6 is 0 Å². The van der Waals surface area contributed by atoms with Gasteiger partial charge in [-0.05, 0) is 37.3 Å². The fraction of sp³-hybridized carbons (Fsp3) is 0.0667. The highest BCUT2D eigenvalue weighted by atomic mass is 14.7. The molecular weight excluding hydrogens is 222 g/mol. The summed E-state index contributed by atoms with van der Waals surface area (Å²) in [4.78, 5) is 8.89. The molecule has 0 atom stereocenters. The van der Waals surface area contributed by atoms with Crippen LogP contribution in [0.4, 0.5) is 11.4 Å². The molecule has 0 aliphatic carbocycles. The van der Waals surface area contributed by atoms with Crippen LogP contribution in [0.25, 0.3) is 21.8 Å². The molecule has 0 amide bonds. The summed E-state index contributed by atoms with van der Waals surface area (Å²) >= 11 is 0. The fourth-order valence-corrected chi connectivity index (χ4v) is 2.06.